The van der Waals surface area contributed by atoms with Gasteiger partial charge in [0.15, 0.2) is 5.82 Å². The van der Waals surface area contributed by atoms with Crippen LogP contribution in [-0.4, -0.2) is 30.0 Å². The van der Waals surface area contributed by atoms with Crippen LogP contribution in [-0.2, 0) is 20.1 Å². The molecule has 0 aromatic carbocycles. The Hall–Kier alpha value is -1.76. The third kappa shape index (κ3) is 1.77. The zero-order valence-corrected chi connectivity index (χ0v) is 7.83. The van der Waals surface area contributed by atoms with Gasteiger partial charge in [-0.05, 0) is 11.3 Å². The van der Waals surface area contributed by atoms with Crippen LogP contribution in [0.25, 0.3) is 0 Å². The van der Waals surface area contributed by atoms with E-state index in [0.717, 1.165) is 5.69 Å². The number of aromatic nitrogens is 6. The van der Waals surface area contributed by atoms with Crippen molar-refractivity contribution in [1.29, 1.82) is 0 Å². The van der Waals surface area contributed by atoms with Crippen molar-refractivity contribution in [2.24, 2.45) is 12.8 Å². The molecule has 0 atom stereocenters. The van der Waals surface area contributed by atoms with Gasteiger partial charge in [-0.15, -0.1) is 10.2 Å². The molecule has 2 aromatic heterocycles. The SMILES string of the molecule is Cn1nnc(Cn2ccc(CN)n2)n1. The van der Waals surface area contributed by atoms with E-state index < -0.39 is 0 Å². The first-order valence-corrected chi connectivity index (χ1v) is 4.23. The summed E-state index contributed by atoms with van der Waals surface area (Å²) in [5.74, 6) is 0.638. The average molecular weight is 193 g/mol. The summed E-state index contributed by atoms with van der Waals surface area (Å²) in [7, 11) is 1.73. The van der Waals surface area contributed by atoms with E-state index in [0.29, 0.717) is 18.9 Å². The first kappa shape index (κ1) is 8.82. The molecule has 0 saturated carbocycles. The summed E-state index contributed by atoms with van der Waals surface area (Å²) >= 11 is 0. The van der Waals surface area contributed by atoms with Crippen LogP contribution >= 0.6 is 0 Å². The highest BCUT2D eigenvalue weighted by Crippen LogP contribution is 1.96. The van der Waals surface area contributed by atoms with Gasteiger partial charge in [0.25, 0.3) is 0 Å². The van der Waals surface area contributed by atoms with Crippen LogP contribution in [0.15, 0.2) is 12.3 Å². The molecule has 2 N–H and O–H groups in total. The fourth-order valence-electron chi connectivity index (χ4n) is 1.13. The number of hydrogen-bond donors (Lipinski definition) is 1. The van der Waals surface area contributed by atoms with Crippen LogP contribution < -0.4 is 5.73 Å². The Kier molecular flexibility index (Phi) is 2.23. The zero-order valence-electron chi connectivity index (χ0n) is 7.83. The van der Waals surface area contributed by atoms with Crippen LogP contribution in [0.2, 0.25) is 0 Å². The molecule has 0 bridgehead atoms. The Balaban J connectivity index is 2.10. The maximum absolute atomic E-state index is 5.44. The van der Waals surface area contributed by atoms with E-state index in [1.54, 1.807) is 11.7 Å². The third-order valence-electron chi connectivity index (χ3n) is 1.76. The minimum Gasteiger partial charge on any atom is -0.325 e. The van der Waals surface area contributed by atoms with Crippen molar-refractivity contribution in [2.75, 3.05) is 0 Å². The number of nitrogens with zero attached hydrogens (tertiary/aromatic N) is 6. The molecule has 0 saturated heterocycles. The summed E-state index contributed by atoms with van der Waals surface area (Å²) in [5, 5.41) is 15.8. The van der Waals surface area contributed by atoms with Gasteiger partial charge in [0.05, 0.1) is 12.7 Å². The lowest BCUT2D eigenvalue weighted by molar-refractivity contribution is 0.615. The van der Waals surface area contributed by atoms with E-state index in [4.69, 9.17) is 5.73 Å². The molecular weight excluding hydrogens is 182 g/mol. The van der Waals surface area contributed by atoms with Gasteiger partial charge in [-0.3, -0.25) is 4.68 Å². The van der Waals surface area contributed by atoms with Gasteiger partial charge in [-0.25, -0.2) is 0 Å². The number of hydrogen-bond acceptors (Lipinski definition) is 5. The zero-order chi connectivity index (χ0) is 9.97. The van der Waals surface area contributed by atoms with E-state index in [-0.39, 0.29) is 0 Å². The van der Waals surface area contributed by atoms with E-state index in [2.05, 4.69) is 20.5 Å². The number of rotatable bonds is 3. The Morgan fingerprint density at radius 1 is 1.43 bits per heavy atom. The molecule has 2 heterocycles. The second-order valence-electron chi connectivity index (χ2n) is 2.90. The van der Waals surface area contributed by atoms with Crippen LogP contribution in [0.5, 0.6) is 0 Å². The Labute approximate surface area is 80.5 Å². The Morgan fingerprint density at radius 3 is 2.86 bits per heavy atom. The van der Waals surface area contributed by atoms with Crippen LogP contribution in [0.3, 0.4) is 0 Å². The summed E-state index contributed by atoms with van der Waals surface area (Å²) in [6.45, 7) is 0.967. The van der Waals surface area contributed by atoms with Gasteiger partial charge in [0.1, 0.15) is 6.54 Å². The fourth-order valence-corrected chi connectivity index (χ4v) is 1.13. The van der Waals surface area contributed by atoms with Gasteiger partial charge >= 0.3 is 0 Å². The van der Waals surface area contributed by atoms with Crippen molar-refractivity contribution in [3.63, 3.8) is 0 Å². The molecule has 0 radical (unpaired) electrons. The maximum Gasteiger partial charge on any atom is 0.196 e. The van der Waals surface area contributed by atoms with Crippen LogP contribution in [0, 0.1) is 0 Å². The average Bonchev–Trinajstić information content (AvgIpc) is 2.76. The van der Waals surface area contributed by atoms with Crippen molar-refractivity contribution in [1.82, 2.24) is 30.0 Å². The predicted molar refractivity (Wildman–Crippen MR) is 48.0 cm³/mol. The standard InChI is InChI=1S/C7H11N7/c1-13-11-7(9-12-13)5-14-3-2-6(4-8)10-14/h2-3H,4-5,8H2,1H3. The lowest BCUT2D eigenvalue weighted by atomic mass is 10.4. The molecule has 2 aromatic rings. The highest BCUT2D eigenvalue weighted by atomic mass is 15.6. The van der Waals surface area contributed by atoms with Crippen LogP contribution in [0.4, 0.5) is 0 Å². The quantitative estimate of drug-likeness (QED) is 0.669. The molecule has 0 aliphatic heterocycles. The summed E-state index contributed by atoms with van der Waals surface area (Å²) < 4.78 is 1.74. The second-order valence-corrected chi connectivity index (χ2v) is 2.90. The Bertz CT molecular complexity index is 415. The summed E-state index contributed by atoms with van der Waals surface area (Å²) in [6, 6.07) is 1.87. The van der Waals surface area contributed by atoms with E-state index in [9.17, 15) is 0 Å². The Morgan fingerprint density at radius 2 is 2.29 bits per heavy atom. The van der Waals surface area contributed by atoms with Gasteiger partial charge in [-0.2, -0.15) is 9.90 Å². The predicted octanol–water partition coefficient (Wildman–Crippen LogP) is -1.09. The fraction of sp³-hybridized carbons (Fsp3) is 0.429. The molecule has 74 valence electrons. The first-order chi connectivity index (χ1) is 6.78. The molecule has 7 heteroatoms. The van der Waals surface area contributed by atoms with E-state index in [1.165, 1.54) is 4.80 Å². The normalized spacial score (nSPS) is 10.7. The lowest BCUT2D eigenvalue weighted by Gasteiger charge is -1.94. The van der Waals surface area contributed by atoms with Gasteiger partial charge < -0.3 is 5.73 Å². The minimum absolute atomic E-state index is 0.445. The first-order valence-electron chi connectivity index (χ1n) is 4.23. The van der Waals surface area contributed by atoms with Crippen molar-refractivity contribution in [3.8, 4) is 0 Å². The minimum atomic E-state index is 0.445. The summed E-state index contributed by atoms with van der Waals surface area (Å²) in [4.78, 5) is 1.42. The molecule has 0 amide bonds. The summed E-state index contributed by atoms with van der Waals surface area (Å²) in [6.07, 6.45) is 1.85. The molecule has 0 fully saturated rings. The van der Waals surface area contributed by atoms with Crippen molar-refractivity contribution < 1.29 is 0 Å². The molecule has 0 unspecified atom stereocenters. The smallest absolute Gasteiger partial charge is 0.196 e. The molecule has 0 aliphatic carbocycles. The molecule has 0 aliphatic rings. The number of tetrazole rings is 1. The third-order valence-corrected chi connectivity index (χ3v) is 1.76. The molecule has 7 nitrogen and oxygen atoms in total. The van der Waals surface area contributed by atoms with Gasteiger partial charge in [0, 0.05) is 12.7 Å². The molecule has 0 spiro atoms. The largest absolute Gasteiger partial charge is 0.325 e. The van der Waals surface area contributed by atoms with Crippen LogP contribution in [0.1, 0.15) is 11.5 Å². The van der Waals surface area contributed by atoms with E-state index in [1.807, 2.05) is 12.3 Å². The van der Waals surface area contributed by atoms with Gasteiger partial charge in [0.2, 0.25) is 0 Å². The van der Waals surface area contributed by atoms with Crippen molar-refractivity contribution in [2.45, 2.75) is 13.1 Å². The maximum atomic E-state index is 5.44. The molecule has 14 heavy (non-hydrogen) atoms. The second kappa shape index (κ2) is 3.54. The number of nitrogens with two attached hydrogens (primary N) is 1. The molecular formula is C7H11N7. The van der Waals surface area contributed by atoms with Crippen molar-refractivity contribution in [3.05, 3.63) is 23.8 Å². The monoisotopic (exact) mass is 193 g/mol. The number of aryl methyl sites for hydroxylation is 1. The highest BCUT2D eigenvalue weighted by Gasteiger charge is 2.02. The lowest BCUT2D eigenvalue weighted by Crippen LogP contribution is -2.05. The topological polar surface area (TPSA) is 87.4 Å². The molecule has 2 rings (SSSR count). The van der Waals surface area contributed by atoms with Crippen molar-refractivity contribution >= 4 is 0 Å². The highest BCUT2D eigenvalue weighted by molar-refractivity contribution is 4.98. The van der Waals surface area contributed by atoms with E-state index >= 15 is 0 Å². The van der Waals surface area contributed by atoms with Gasteiger partial charge in [-0.1, -0.05) is 0 Å². The summed E-state index contributed by atoms with van der Waals surface area (Å²) in [5.41, 5.74) is 6.29.